The van der Waals surface area contributed by atoms with Crippen LogP contribution in [0.2, 0.25) is 0 Å². The van der Waals surface area contributed by atoms with Crippen molar-refractivity contribution in [2.24, 2.45) is 0 Å². The molecule has 7 nitrogen and oxygen atoms in total. The summed E-state index contributed by atoms with van der Waals surface area (Å²) in [5.74, 6) is 0.552. The summed E-state index contributed by atoms with van der Waals surface area (Å²) < 4.78 is 37.3. The summed E-state index contributed by atoms with van der Waals surface area (Å²) in [7, 11) is -3.51. The van der Waals surface area contributed by atoms with Gasteiger partial charge in [-0.3, -0.25) is 0 Å². The average molecular weight is 349 g/mol. The van der Waals surface area contributed by atoms with Gasteiger partial charge in [0.25, 0.3) is 0 Å². The molecule has 0 aliphatic carbocycles. The Morgan fingerprint density at radius 3 is 2.83 bits per heavy atom. The van der Waals surface area contributed by atoms with Crippen molar-refractivity contribution < 1.29 is 17.7 Å². The SMILES string of the molecule is C=C(C)CS(=O)(=O)N1CCOCC1c1nc(-c2ccccc2)no1. The fourth-order valence-electron chi connectivity index (χ4n) is 2.59. The number of ether oxygens (including phenoxy) is 1. The van der Waals surface area contributed by atoms with Gasteiger partial charge < -0.3 is 9.26 Å². The smallest absolute Gasteiger partial charge is 0.247 e. The molecule has 0 saturated carbocycles. The van der Waals surface area contributed by atoms with E-state index in [1.807, 2.05) is 30.3 Å². The maximum atomic E-state index is 12.6. The Bertz CT molecular complexity index is 817. The molecule has 1 aliphatic heterocycles. The molecular weight excluding hydrogens is 330 g/mol. The highest BCUT2D eigenvalue weighted by molar-refractivity contribution is 7.89. The molecule has 1 fully saturated rings. The van der Waals surface area contributed by atoms with Crippen LogP contribution in [-0.2, 0) is 14.8 Å². The van der Waals surface area contributed by atoms with E-state index >= 15 is 0 Å². The van der Waals surface area contributed by atoms with Crippen molar-refractivity contribution in [2.45, 2.75) is 13.0 Å². The maximum Gasteiger partial charge on any atom is 0.247 e. The van der Waals surface area contributed by atoms with Crippen LogP contribution in [-0.4, -0.2) is 48.4 Å². The highest BCUT2D eigenvalue weighted by Crippen LogP contribution is 2.28. The first-order valence-corrected chi connectivity index (χ1v) is 9.19. The molecule has 2 heterocycles. The highest BCUT2D eigenvalue weighted by Gasteiger charge is 2.37. The number of rotatable bonds is 5. The van der Waals surface area contributed by atoms with Crippen molar-refractivity contribution in [3.63, 3.8) is 0 Å². The Hall–Kier alpha value is -2.03. The minimum atomic E-state index is -3.51. The van der Waals surface area contributed by atoms with E-state index in [-0.39, 0.29) is 24.8 Å². The Morgan fingerprint density at radius 1 is 1.38 bits per heavy atom. The largest absolute Gasteiger partial charge is 0.378 e. The molecule has 8 heteroatoms. The molecule has 24 heavy (non-hydrogen) atoms. The summed E-state index contributed by atoms with van der Waals surface area (Å²) in [5, 5.41) is 3.96. The van der Waals surface area contributed by atoms with Crippen LogP contribution in [0.25, 0.3) is 11.4 Å². The van der Waals surface area contributed by atoms with Gasteiger partial charge >= 0.3 is 0 Å². The van der Waals surface area contributed by atoms with Crippen LogP contribution in [0, 0.1) is 0 Å². The van der Waals surface area contributed by atoms with Gasteiger partial charge in [-0.1, -0.05) is 47.6 Å². The van der Waals surface area contributed by atoms with Gasteiger partial charge in [0.05, 0.1) is 19.0 Å². The van der Waals surface area contributed by atoms with Crippen LogP contribution in [0.15, 0.2) is 47.0 Å². The summed E-state index contributed by atoms with van der Waals surface area (Å²) in [6.45, 7) is 6.15. The molecule has 3 rings (SSSR count). The summed E-state index contributed by atoms with van der Waals surface area (Å²) in [6.07, 6.45) is 0. The monoisotopic (exact) mass is 349 g/mol. The van der Waals surface area contributed by atoms with Gasteiger partial charge in [0.15, 0.2) is 0 Å². The van der Waals surface area contributed by atoms with Crippen molar-refractivity contribution >= 4 is 10.0 Å². The van der Waals surface area contributed by atoms with E-state index in [1.165, 1.54) is 4.31 Å². The van der Waals surface area contributed by atoms with Crippen molar-refractivity contribution in [1.29, 1.82) is 0 Å². The summed E-state index contributed by atoms with van der Waals surface area (Å²) in [6, 6.07) is 8.75. The number of hydrogen-bond donors (Lipinski definition) is 0. The van der Waals surface area contributed by atoms with Gasteiger partial charge in [-0.2, -0.15) is 9.29 Å². The number of sulfonamides is 1. The van der Waals surface area contributed by atoms with Crippen LogP contribution >= 0.6 is 0 Å². The Labute approximate surface area is 141 Å². The predicted molar refractivity (Wildman–Crippen MR) is 88.6 cm³/mol. The second kappa shape index (κ2) is 6.84. The van der Waals surface area contributed by atoms with Gasteiger partial charge in [0, 0.05) is 12.1 Å². The predicted octanol–water partition coefficient (Wildman–Crippen LogP) is 2.02. The minimum absolute atomic E-state index is 0.108. The van der Waals surface area contributed by atoms with Crippen LogP contribution in [0.5, 0.6) is 0 Å². The Balaban J connectivity index is 1.89. The van der Waals surface area contributed by atoms with Gasteiger partial charge in [-0.25, -0.2) is 8.42 Å². The summed E-state index contributed by atoms with van der Waals surface area (Å²) >= 11 is 0. The van der Waals surface area contributed by atoms with E-state index in [2.05, 4.69) is 16.7 Å². The van der Waals surface area contributed by atoms with E-state index in [0.717, 1.165) is 5.56 Å². The van der Waals surface area contributed by atoms with E-state index in [0.29, 0.717) is 18.0 Å². The number of benzene rings is 1. The molecule has 1 unspecified atom stereocenters. The molecular formula is C16H19N3O4S. The first-order chi connectivity index (χ1) is 11.5. The molecule has 0 radical (unpaired) electrons. The zero-order chi connectivity index (χ0) is 17.2. The molecule has 1 aliphatic rings. The first kappa shape index (κ1) is 16.8. The minimum Gasteiger partial charge on any atom is -0.378 e. The second-order valence-electron chi connectivity index (χ2n) is 5.74. The molecule has 1 atom stereocenters. The average Bonchev–Trinajstić information content (AvgIpc) is 3.04. The van der Waals surface area contributed by atoms with E-state index in [4.69, 9.17) is 9.26 Å². The molecule has 1 saturated heterocycles. The lowest BCUT2D eigenvalue weighted by Crippen LogP contribution is -2.44. The fraction of sp³-hybridized carbons (Fsp3) is 0.375. The number of aromatic nitrogens is 2. The van der Waals surface area contributed by atoms with Crippen LogP contribution < -0.4 is 0 Å². The molecule has 0 spiro atoms. The molecule has 0 bridgehead atoms. The Morgan fingerprint density at radius 2 is 2.12 bits per heavy atom. The lowest BCUT2D eigenvalue weighted by atomic mass is 10.2. The van der Waals surface area contributed by atoms with Crippen LogP contribution in [0.4, 0.5) is 0 Å². The van der Waals surface area contributed by atoms with E-state index in [9.17, 15) is 8.42 Å². The summed E-state index contributed by atoms with van der Waals surface area (Å²) in [5.41, 5.74) is 1.39. The maximum absolute atomic E-state index is 12.6. The van der Waals surface area contributed by atoms with E-state index in [1.54, 1.807) is 6.92 Å². The normalized spacial score (nSPS) is 19.3. The van der Waals surface area contributed by atoms with E-state index < -0.39 is 16.1 Å². The number of morpholine rings is 1. The van der Waals surface area contributed by atoms with Crippen molar-refractivity contribution in [3.05, 3.63) is 48.4 Å². The molecule has 0 amide bonds. The standard InChI is InChI=1S/C16H19N3O4S/c1-12(2)11-24(20,21)19-8-9-22-10-14(19)16-17-15(18-23-16)13-6-4-3-5-7-13/h3-7,14H,1,8-11H2,2H3. The fourth-order valence-corrected chi connectivity index (χ4v) is 4.27. The molecule has 1 aromatic heterocycles. The molecule has 0 N–H and O–H groups in total. The second-order valence-corrected chi connectivity index (χ2v) is 7.66. The van der Waals surface area contributed by atoms with Crippen LogP contribution in [0.3, 0.4) is 0 Å². The van der Waals surface area contributed by atoms with Gasteiger partial charge in [0.2, 0.25) is 21.7 Å². The third-order valence-corrected chi connectivity index (χ3v) is 5.63. The zero-order valence-electron chi connectivity index (χ0n) is 13.4. The number of nitrogens with zero attached hydrogens (tertiary/aromatic N) is 3. The van der Waals surface area contributed by atoms with Crippen molar-refractivity contribution in [3.8, 4) is 11.4 Å². The number of hydrogen-bond acceptors (Lipinski definition) is 6. The third-order valence-electron chi connectivity index (χ3n) is 3.62. The zero-order valence-corrected chi connectivity index (χ0v) is 14.2. The molecule has 128 valence electrons. The molecule has 2 aromatic rings. The van der Waals surface area contributed by atoms with Gasteiger partial charge in [-0.05, 0) is 6.92 Å². The highest BCUT2D eigenvalue weighted by atomic mass is 32.2. The van der Waals surface area contributed by atoms with Crippen molar-refractivity contribution in [2.75, 3.05) is 25.5 Å². The molecule has 1 aromatic carbocycles. The van der Waals surface area contributed by atoms with Crippen molar-refractivity contribution in [1.82, 2.24) is 14.4 Å². The quantitative estimate of drug-likeness (QED) is 0.768. The lowest BCUT2D eigenvalue weighted by Gasteiger charge is -2.32. The summed E-state index contributed by atoms with van der Waals surface area (Å²) in [4.78, 5) is 4.36. The Kier molecular flexibility index (Phi) is 4.79. The lowest BCUT2D eigenvalue weighted by molar-refractivity contribution is 0.0204. The van der Waals surface area contributed by atoms with Gasteiger partial charge in [-0.15, -0.1) is 0 Å². The van der Waals surface area contributed by atoms with Gasteiger partial charge in [0.1, 0.15) is 6.04 Å². The third kappa shape index (κ3) is 3.55. The first-order valence-electron chi connectivity index (χ1n) is 7.58. The topological polar surface area (TPSA) is 85.5 Å². The van der Waals surface area contributed by atoms with Crippen LogP contribution in [0.1, 0.15) is 18.9 Å².